The van der Waals surface area contributed by atoms with E-state index in [0.717, 1.165) is 10.5 Å². The number of hydrogen-bond donors (Lipinski definition) is 0. The first kappa shape index (κ1) is 9.19. The quantitative estimate of drug-likeness (QED) is 0.452. The molecule has 2 nitrogen and oxygen atoms in total. The number of rotatable bonds is 0. The van der Waals surface area contributed by atoms with E-state index in [0.29, 0.717) is 0 Å². The normalized spacial score (nSPS) is 11.8. The highest BCUT2D eigenvalue weighted by molar-refractivity contribution is 7.23. The fourth-order valence-electron chi connectivity index (χ4n) is 2.30. The van der Waals surface area contributed by atoms with Crippen molar-refractivity contribution in [3.8, 4) is 0 Å². The van der Waals surface area contributed by atoms with Crippen LogP contribution in [0.2, 0.25) is 0 Å². The Morgan fingerprint density at radius 3 is 2.88 bits per heavy atom. The molecule has 0 aliphatic rings. The van der Waals surface area contributed by atoms with E-state index in [4.69, 9.17) is 4.98 Å². The van der Waals surface area contributed by atoms with Crippen LogP contribution in [0.15, 0.2) is 42.5 Å². The molecule has 4 rings (SSSR count). The number of benzene rings is 2. The van der Waals surface area contributed by atoms with Gasteiger partial charge in [0, 0.05) is 0 Å². The Balaban J connectivity index is 2.31. The lowest BCUT2D eigenvalue weighted by molar-refractivity contribution is 1.34. The van der Waals surface area contributed by atoms with Crippen LogP contribution in [-0.2, 0) is 0 Å². The van der Waals surface area contributed by atoms with E-state index in [1.807, 2.05) is 0 Å². The summed E-state index contributed by atoms with van der Waals surface area (Å²) in [7, 11) is 0. The molecule has 0 unspecified atom stereocenters. The average Bonchev–Trinajstić information content (AvgIpc) is 2.83. The SMILES string of the molecule is Cc1ccc2c(c1)nc1sc3ccccc3n12. The minimum Gasteiger partial charge on any atom is -0.283 e. The molecule has 0 saturated heterocycles. The van der Waals surface area contributed by atoms with Gasteiger partial charge in [0.25, 0.3) is 0 Å². The predicted octanol–water partition coefficient (Wildman–Crippen LogP) is 4.01. The number of imidazole rings is 1. The topological polar surface area (TPSA) is 17.3 Å². The zero-order valence-corrected chi connectivity index (χ0v) is 10.2. The van der Waals surface area contributed by atoms with Gasteiger partial charge in [0.05, 0.1) is 21.3 Å². The number of aryl methyl sites for hydroxylation is 1. The van der Waals surface area contributed by atoms with Crippen molar-refractivity contribution in [1.29, 1.82) is 0 Å². The number of thiazole rings is 1. The Labute approximate surface area is 102 Å². The van der Waals surface area contributed by atoms with Gasteiger partial charge in [0.15, 0.2) is 4.96 Å². The number of aromatic nitrogens is 2. The standard InChI is InChI=1S/C14H10N2S/c1-9-6-7-11-10(8-9)15-14-16(11)12-4-2-3-5-13(12)17-14/h2-8H,1H3. The fourth-order valence-corrected chi connectivity index (χ4v) is 3.34. The van der Waals surface area contributed by atoms with Crippen LogP contribution in [-0.4, -0.2) is 9.38 Å². The van der Waals surface area contributed by atoms with Gasteiger partial charge in [-0.2, -0.15) is 0 Å². The van der Waals surface area contributed by atoms with Crippen LogP contribution in [0, 0.1) is 6.92 Å². The third-order valence-electron chi connectivity index (χ3n) is 3.09. The van der Waals surface area contributed by atoms with Gasteiger partial charge in [-0.05, 0) is 36.8 Å². The van der Waals surface area contributed by atoms with Crippen molar-refractivity contribution in [3.05, 3.63) is 48.0 Å². The van der Waals surface area contributed by atoms with E-state index in [1.54, 1.807) is 11.3 Å². The first-order valence-corrected chi connectivity index (χ1v) is 6.41. The summed E-state index contributed by atoms with van der Waals surface area (Å²) in [5.41, 5.74) is 4.79. The Morgan fingerprint density at radius 2 is 1.94 bits per heavy atom. The highest BCUT2D eigenvalue weighted by atomic mass is 32.1. The van der Waals surface area contributed by atoms with Crippen molar-refractivity contribution in [2.75, 3.05) is 0 Å². The zero-order valence-electron chi connectivity index (χ0n) is 9.34. The Hall–Kier alpha value is -1.87. The highest BCUT2D eigenvalue weighted by Gasteiger charge is 2.10. The minimum absolute atomic E-state index is 1.08. The van der Waals surface area contributed by atoms with Gasteiger partial charge in [-0.1, -0.05) is 29.5 Å². The van der Waals surface area contributed by atoms with Crippen LogP contribution in [0.3, 0.4) is 0 Å². The molecule has 17 heavy (non-hydrogen) atoms. The molecule has 0 aliphatic heterocycles. The molecule has 0 bridgehead atoms. The summed E-state index contributed by atoms with van der Waals surface area (Å²) in [6.45, 7) is 2.10. The maximum Gasteiger partial charge on any atom is 0.195 e. The summed E-state index contributed by atoms with van der Waals surface area (Å²) in [6, 6.07) is 14.9. The molecule has 3 heteroatoms. The highest BCUT2D eigenvalue weighted by Crippen LogP contribution is 2.30. The summed E-state index contributed by atoms with van der Waals surface area (Å²) in [5.74, 6) is 0. The molecule has 0 amide bonds. The van der Waals surface area contributed by atoms with Gasteiger partial charge in [-0.3, -0.25) is 4.40 Å². The maximum atomic E-state index is 4.69. The van der Waals surface area contributed by atoms with Gasteiger partial charge in [-0.25, -0.2) is 4.98 Å². The molecule has 0 saturated carbocycles. The molecule has 82 valence electrons. The predicted molar refractivity (Wildman–Crippen MR) is 72.8 cm³/mol. The summed E-state index contributed by atoms with van der Waals surface area (Å²) in [4.78, 5) is 5.77. The van der Waals surface area contributed by atoms with Crippen LogP contribution < -0.4 is 0 Å². The summed E-state index contributed by atoms with van der Waals surface area (Å²) in [5, 5.41) is 0. The molecular weight excluding hydrogens is 228 g/mol. The van der Waals surface area contributed by atoms with E-state index >= 15 is 0 Å². The molecule has 0 N–H and O–H groups in total. The molecule has 2 aromatic carbocycles. The van der Waals surface area contributed by atoms with Crippen molar-refractivity contribution < 1.29 is 0 Å². The largest absolute Gasteiger partial charge is 0.283 e. The molecule has 0 radical (unpaired) electrons. The van der Waals surface area contributed by atoms with E-state index in [9.17, 15) is 0 Å². The third kappa shape index (κ3) is 1.17. The fraction of sp³-hybridized carbons (Fsp3) is 0.0714. The molecule has 0 spiro atoms. The Bertz CT molecular complexity index is 854. The minimum atomic E-state index is 1.08. The van der Waals surface area contributed by atoms with Gasteiger partial charge in [-0.15, -0.1) is 0 Å². The van der Waals surface area contributed by atoms with Gasteiger partial charge in [0.2, 0.25) is 0 Å². The van der Waals surface area contributed by atoms with E-state index < -0.39 is 0 Å². The van der Waals surface area contributed by atoms with Crippen molar-refractivity contribution >= 4 is 37.5 Å². The smallest absolute Gasteiger partial charge is 0.195 e. The lowest BCUT2D eigenvalue weighted by atomic mass is 10.2. The van der Waals surface area contributed by atoms with Crippen LogP contribution in [0.25, 0.3) is 26.2 Å². The van der Waals surface area contributed by atoms with Crippen molar-refractivity contribution in [1.82, 2.24) is 9.38 Å². The van der Waals surface area contributed by atoms with Gasteiger partial charge >= 0.3 is 0 Å². The second kappa shape index (κ2) is 3.08. The van der Waals surface area contributed by atoms with Crippen molar-refractivity contribution in [2.24, 2.45) is 0 Å². The molecular formula is C14H10N2S. The Morgan fingerprint density at radius 1 is 1.06 bits per heavy atom. The number of nitrogens with zero attached hydrogens (tertiary/aromatic N) is 2. The summed E-state index contributed by atoms with van der Waals surface area (Å²) < 4.78 is 3.53. The lowest BCUT2D eigenvalue weighted by Gasteiger charge is -1.95. The van der Waals surface area contributed by atoms with Gasteiger partial charge < -0.3 is 0 Å². The molecule has 4 aromatic rings. The van der Waals surface area contributed by atoms with Crippen molar-refractivity contribution in [3.63, 3.8) is 0 Å². The second-order valence-corrected chi connectivity index (χ2v) is 5.30. The van der Waals surface area contributed by atoms with E-state index in [-0.39, 0.29) is 0 Å². The van der Waals surface area contributed by atoms with Gasteiger partial charge in [0.1, 0.15) is 0 Å². The summed E-state index contributed by atoms with van der Waals surface area (Å²) in [6.07, 6.45) is 0. The van der Waals surface area contributed by atoms with Crippen LogP contribution >= 0.6 is 11.3 Å². The number of hydrogen-bond acceptors (Lipinski definition) is 2. The van der Waals surface area contributed by atoms with Crippen LogP contribution in [0.5, 0.6) is 0 Å². The molecule has 2 heterocycles. The monoisotopic (exact) mass is 238 g/mol. The molecule has 0 aliphatic carbocycles. The average molecular weight is 238 g/mol. The first-order valence-electron chi connectivity index (χ1n) is 5.59. The number of fused-ring (bicyclic) bond motifs is 5. The first-order chi connectivity index (χ1) is 8.33. The van der Waals surface area contributed by atoms with Crippen molar-refractivity contribution in [2.45, 2.75) is 6.92 Å². The number of para-hydroxylation sites is 1. The molecule has 0 atom stereocenters. The zero-order chi connectivity index (χ0) is 11.4. The van der Waals surface area contributed by atoms with E-state index in [1.165, 1.54) is 21.3 Å². The third-order valence-corrected chi connectivity index (χ3v) is 4.11. The molecule has 2 aromatic heterocycles. The Kier molecular flexibility index (Phi) is 1.66. The maximum absolute atomic E-state index is 4.69. The summed E-state index contributed by atoms with van der Waals surface area (Å²) >= 11 is 1.75. The van der Waals surface area contributed by atoms with Crippen LogP contribution in [0.4, 0.5) is 0 Å². The molecule has 0 fully saturated rings. The second-order valence-electron chi connectivity index (χ2n) is 4.29. The lowest BCUT2D eigenvalue weighted by Crippen LogP contribution is -1.80. The van der Waals surface area contributed by atoms with E-state index in [2.05, 4.69) is 53.8 Å². The van der Waals surface area contributed by atoms with Crippen LogP contribution in [0.1, 0.15) is 5.56 Å².